The fourth-order valence-electron chi connectivity index (χ4n) is 2.89. The highest BCUT2D eigenvalue weighted by Gasteiger charge is 2.38. The van der Waals surface area contributed by atoms with Gasteiger partial charge in [-0.25, -0.2) is 0 Å². The first kappa shape index (κ1) is 15.7. The molecule has 122 valence electrons. The summed E-state index contributed by atoms with van der Waals surface area (Å²) in [6.07, 6.45) is -2.04. The Morgan fingerprint density at radius 3 is 2.41 bits per heavy atom. The lowest BCUT2D eigenvalue weighted by atomic mass is 10.1. The topological polar surface area (TPSA) is 82.4 Å². The zero-order chi connectivity index (χ0) is 15.5. The number of aliphatic hydroxyl groups is 3. The van der Waals surface area contributed by atoms with Crippen molar-refractivity contribution in [2.75, 3.05) is 19.7 Å². The van der Waals surface area contributed by atoms with Gasteiger partial charge in [0.1, 0.15) is 24.1 Å². The van der Waals surface area contributed by atoms with Gasteiger partial charge in [0.25, 0.3) is 0 Å². The van der Waals surface area contributed by atoms with E-state index in [2.05, 4.69) is 4.90 Å². The normalized spacial score (nSPS) is 33.0. The maximum Gasteiger partial charge on any atom is 0.228 e. The molecule has 1 aromatic rings. The van der Waals surface area contributed by atoms with Crippen molar-refractivity contribution in [3.63, 3.8) is 0 Å². The van der Waals surface area contributed by atoms with Crippen LogP contribution < -0.4 is 4.74 Å². The molecule has 6 nitrogen and oxygen atoms in total. The molecule has 0 unspecified atom stereocenters. The van der Waals surface area contributed by atoms with Crippen molar-refractivity contribution >= 4 is 0 Å². The lowest BCUT2D eigenvalue weighted by Gasteiger charge is -2.34. The van der Waals surface area contributed by atoms with Crippen LogP contribution in [0.25, 0.3) is 0 Å². The predicted molar refractivity (Wildman–Crippen MR) is 79.3 cm³/mol. The summed E-state index contributed by atoms with van der Waals surface area (Å²) < 4.78 is 10.8. The summed E-state index contributed by atoms with van der Waals surface area (Å²) in [7, 11) is 0. The summed E-state index contributed by atoms with van der Waals surface area (Å²) in [6.45, 7) is 3.19. The van der Waals surface area contributed by atoms with E-state index in [0.29, 0.717) is 5.75 Å². The third-order valence-electron chi connectivity index (χ3n) is 4.23. The van der Waals surface area contributed by atoms with Crippen LogP contribution in [0.15, 0.2) is 24.3 Å². The van der Waals surface area contributed by atoms with Crippen molar-refractivity contribution < 1.29 is 24.8 Å². The van der Waals surface area contributed by atoms with E-state index >= 15 is 0 Å². The van der Waals surface area contributed by atoms with Crippen LogP contribution in [0, 0.1) is 0 Å². The van der Waals surface area contributed by atoms with Gasteiger partial charge in [0, 0.05) is 6.54 Å². The molecule has 1 aromatic carbocycles. The Bertz CT molecular complexity index is 474. The van der Waals surface area contributed by atoms with Gasteiger partial charge in [-0.3, -0.25) is 4.90 Å². The molecule has 2 aliphatic heterocycles. The van der Waals surface area contributed by atoms with Gasteiger partial charge in [0.15, 0.2) is 0 Å². The average Bonchev–Trinajstić information content (AvgIpc) is 3.03. The highest BCUT2D eigenvalue weighted by molar-refractivity contribution is 5.27. The lowest BCUT2D eigenvalue weighted by molar-refractivity contribution is -0.242. The van der Waals surface area contributed by atoms with Crippen molar-refractivity contribution in [1.82, 2.24) is 4.90 Å². The second kappa shape index (κ2) is 6.93. The monoisotopic (exact) mass is 309 g/mol. The van der Waals surface area contributed by atoms with Gasteiger partial charge >= 0.3 is 0 Å². The number of hydrogen-bond donors (Lipinski definition) is 3. The minimum atomic E-state index is -1.27. The quantitative estimate of drug-likeness (QED) is 0.732. The molecule has 0 spiro atoms. The van der Waals surface area contributed by atoms with Crippen LogP contribution in [0.4, 0.5) is 0 Å². The maximum absolute atomic E-state index is 9.85. The summed E-state index contributed by atoms with van der Waals surface area (Å²) in [5, 5.41) is 28.9. The third kappa shape index (κ3) is 3.59. The highest BCUT2D eigenvalue weighted by atomic mass is 16.7. The molecule has 0 aromatic heterocycles. The minimum Gasteiger partial charge on any atom is -0.462 e. The van der Waals surface area contributed by atoms with E-state index in [-0.39, 0.29) is 6.61 Å². The number of aliphatic hydroxyl groups excluding tert-OH is 3. The van der Waals surface area contributed by atoms with Crippen molar-refractivity contribution in [1.29, 1.82) is 0 Å². The summed E-state index contributed by atoms with van der Waals surface area (Å²) in [5.74, 6) is 0.567. The molecule has 0 aliphatic carbocycles. The van der Waals surface area contributed by atoms with Gasteiger partial charge in [0.2, 0.25) is 6.29 Å². The molecule has 2 saturated heterocycles. The molecule has 2 fully saturated rings. The second-order valence-corrected chi connectivity index (χ2v) is 6.00. The summed E-state index contributed by atoms with van der Waals surface area (Å²) in [5.41, 5.74) is 1.22. The Labute approximate surface area is 129 Å². The first-order chi connectivity index (χ1) is 10.6. The van der Waals surface area contributed by atoms with E-state index in [1.54, 1.807) is 0 Å². The van der Waals surface area contributed by atoms with Gasteiger partial charge in [-0.05, 0) is 43.6 Å². The third-order valence-corrected chi connectivity index (χ3v) is 4.23. The lowest BCUT2D eigenvalue weighted by Crippen LogP contribution is -2.54. The van der Waals surface area contributed by atoms with E-state index in [0.717, 1.165) is 19.6 Å². The van der Waals surface area contributed by atoms with Gasteiger partial charge in [-0.15, -0.1) is 0 Å². The van der Waals surface area contributed by atoms with Crippen LogP contribution in [-0.2, 0) is 11.3 Å². The molecule has 0 bridgehead atoms. The van der Waals surface area contributed by atoms with Crippen LogP contribution in [0.2, 0.25) is 0 Å². The molecule has 3 N–H and O–H groups in total. The van der Waals surface area contributed by atoms with Crippen LogP contribution in [0.3, 0.4) is 0 Å². The molecule has 0 amide bonds. The Balaban J connectivity index is 1.56. The number of benzene rings is 1. The Morgan fingerprint density at radius 1 is 1.05 bits per heavy atom. The van der Waals surface area contributed by atoms with Crippen LogP contribution in [0.1, 0.15) is 18.4 Å². The molecule has 4 atom stereocenters. The Morgan fingerprint density at radius 2 is 1.73 bits per heavy atom. The molecule has 3 rings (SSSR count). The van der Waals surface area contributed by atoms with Gasteiger partial charge < -0.3 is 24.8 Å². The van der Waals surface area contributed by atoms with Gasteiger partial charge in [0.05, 0.1) is 6.61 Å². The predicted octanol–water partition coefficient (Wildman–Crippen LogP) is 0.100. The molecule has 22 heavy (non-hydrogen) atoms. The summed E-state index contributed by atoms with van der Waals surface area (Å²) in [6, 6.07) is 7.65. The second-order valence-electron chi connectivity index (χ2n) is 6.00. The van der Waals surface area contributed by atoms with E-state index < -0.39 is 24.6 Å². The van der Waals surface area contributed by atoms with E-state index in [1.807, 2.05) is 24.3 Å². The number of ether oxygens (including phenoxy) is 2. The molecular formula is C16H23NO5. The number of hydrogen-bond acceptors (Lipinski definition) is 6. The fourth-order valence-corrected chi connectivity index (χ4v) is 2.89. The largest absolute Gasteiger partial charge is 0.462 e. The zero-order valence-electron chi connectivity index (χ0n) is 12.5. The molecule has 2 heterocycles. The Kier molecular flexibility index (Phi) is 4.95. The first-order valence-corrected chi connectivity index (χ1v) is 7.77. The van der Waals surface area contributed by atoms with Crippen molar-refractivity contribution in [3.8, 4) is 5.75 Å². The average molecular weight is 309 g/mol. The van der Waals surface area contributed by atoms with Crippen LogP contribution in [0.5, 0.6) is 5.75 Å². The van der Waals surface area contributed by atoms with Gasteiger partial charge in [-0.2, -0.15) is 0 Å². The summed E-state index contributed by atoms with van der Waals surface area (Å²) >= 11 is 0. The minimum absolute atomic E-state index is 0.0596. The summed E-state index contributed by atoms with van der Waals surface area (Å²) in [4.78, 5) is 2.42. The van der Waals surface area contributed by atoms with Crippen LogP contribution >= 0.6 is 0 Å². The van der Waals surface area contributed by atoms with E-state index in [9.17, 15) is 15.3 Å². The molecular weight excluding hydrogens is 286 g/mol. The van der Waals surface area contributed by atoms with Crippen molar-refractivity contribution in [2.45, 2.75) is 44.0 Å². The standard InChI is InChI=1S/C16H23NO5/c18-13-10-21-16(15(20)14(13)19)22-12-5-3-11(4-6-12)9-17-7-1-2-8-17/h3-6,13-16,18-20H,1-2,7-10H2/t13-,14-,15+,16-/m0/s1. The first-order valence-electron chi connectivity index (χ1n) is 7.77. The molecule has 2 aliphatic rings. The van der Waals surface area contributed by atoms with E-state index in [4.69, 9.17) is 9.47 Å². The van der Waals surface area contributed by atoms with Crippen molar-refractivity contribution in [2.24, 2.45) is 0 Å². The molecule has 0 saturated carbocycles. The number of rotatable bonds is 4. The van der Waals surface area contributed by atoms with Crippen LogP contribution in [-0.4, -0.2) is 64.5 Å². The van der Waals surface area contributed by atoms with Gasteiger partial charge in [-0.1, -0.05) is 12.1 Å². The highest BCUT2D eigenvalue weighted by Crippen LogP contribution is 2.22. The zero-order valence-corrected chi connectivity index (χ0v) is 12.5. The maximum atomic E-state index is 9.85. The van der Waals surface area contributed by atoms with Crippen molar-refractivity contribution in [3.05, 3.63) is 29.8 Å². The fraction of sp³-hybridized carbons (Fsp3) is 0.625. The Hall–Kier alpha value is -1.18. The number of nitrogens with zero attached hydrogens (tertiary/aromatic N) is 1. The molecule has 6 heteroatoms. The SMILES string of the molecule is O[C@@H]1[C@@H](O)[C@H](Oc2ccc(CN3CCCC3)cc2)OC[C@@H]1O. The smallest absolute Gasteiger partial charge is 0.228 e. The van der Waals surface area contributed by atoms with E-state index in [1.165, 1.54) is 18.4 Å². The molecule has 0 radical (unpaired) electrons. The number of likely N-dealkylation sites (tertiary alicyclic amines) is 1.